The molecule has 2 heterocycles. The molecule has 6 heteroatoms. The van der Waals surface area contributed by atoms with Crippen LogP contribution in [0, 0.1) is 0 Å². The number of nitrogens with zero attached hydrogens (tertiary/aromatic N) is 5. The molecule has 6 nitrogen and oxygen atoms in total. The van der Waals surface area contributed by atoms with Crippen molar-refractivity contribution < 1.29 is 4.74 Å². The third-order valence-corrected chi connectivity index (χ3v) is 3.97. The first kappa shape index (κ1) is 17.5. The quantitative estimate of drug-likeness (QED) is 0.613. The molecule has 0 radical (unpaired) electrons. The smallest absolute Gasteiger partial charge is 0.163 e. The summed E-state index contributed by atoms with van der Waals surface area (Å²) in [4.78, 5) is 21.9. The van der Waals surface area contributed by atoms with Crippen molar-refractivity contribution in [2.24, 2.45) is 15.0 Å². The molecule has 0 atom stereocenters. The second-order valence-electron chi connectivity index (χ2n) is 5.85. The van der Waals surface area contributed by atoms with Crippen LogP contribution in [0.15, 0.2) is 88.2 Å². The van der Waals surface area contributed by atoms with Gasteiger partial charge >= 0.3 is 0 Å². The van der Waals surface area contributed by atoms with Crippen LogP contribution >= 0.6 is 0 Å². The van der Waals surface area contributed by atoms with Crippen molar-refractivity contribution in [3.63, 3.8) is 0 Å². The summed E-state index contributed by atoms with van der Waals surface area (Å²) in [5, 5.41) is 2.48. The second-order valence-corrected chi connectivity index (χ2v) is 5.85. The highest BCUT2D eigenvalue weighted by Gasteiger charge is 2.04. The van der Waals surface area contributed by atoms with E-state index in [-0.39, 0.29) is 0 Å². The van der Waals surface area contributed by atoms with Crippen molar-refractivity contribution in [3.05, 3.63) is 83.8 Å². The van der Waals surface area contributed by atoms with Gasteiger partial charge in [-0.15, -0.1) is 0 Å². The Labute approximate surface area is 161 Å². The monoisotopic (exact) mass is 367 g/mol. The van der Waals surface area contributed by atoms with E-state index in [2.05, 4.69) is 20.0 Å². The van der Waals surface area contributed by atoms with Gasteiger partial charge < -0.3 is 4.74 Å². The first-order valence-corrected chi connectivity index (χ1v) is 8.78. The molecule has 136 valence electrons. The van der Waals surface area contributed by atoms with Crippen molar-refractivity contribution in [1.82, 2.24) is 9.97 Å². The van der Waals surface area contributed by atoms with E-state index in [1.54, 1.807) is 24.8 Å². The van der Waals surface area contributed by atoms with Crippen molar-refractivity contribution in [2.45, 2.75) is 0 Å². The number of aromatic nitrogens is 2. The third kappa shape index (κ3) is 4.24. The maximum Gasteiger partial charge on any atom is 0.163 e. The van der Waals surface area contributed by atoms with Crippen LogP contribution < -0.4 is 15.3 Å². The average Bonchev–Trinajstić information content (AvgIpc) is 2.73. The number of rotatable bonds is 0. The van der Waals surface area contributed by atoms with E-state index in [0.717, 1.165) is 27.2 Å². The lowest BCUT2D eigenvalue weighted by molar-refractivity contribution is 0.363. The van der Waals surface area contributed by atoms with E-state index < -0.39 is 0 Å². The molecule has 1 aromatic heterocycles. The number of para-hydroxylation sites is 1. The fraction of sp³-hybridized carbons (Fsp3) is 0.0455. The van der Waals surface area contributed by atoms with Gasteiger partial charge in [-0.1, -0.05) is 24.3 Å². The SMILES string of the molecule is C1=C\COc2ccc3ncnc(c3c2)/N=c2/cccc/c2=C/N=C\C=N\C=C/1. The van der Waals surface area contributed by atoms with E-state index in [0.29, 0.717) is 12.4 Å². The van der Waals surface area contributed by atoms with Gasteiger partial charge in [0.1, 0.15) is 18.7 Å². The van der Waals surface area contributed by atoms with Crippen LogP contribution in [0.3, 0.4) is 0 Å². The van der Waals surface area contributed by atoms with Gasteiger partial charge in [-0.05, 0) is 36.4 Å². The molecule has 0 saturated carbocycles. The van der Waals surface area contributed by atoms with Gasteiger partial charge in [-0.25, -0.2) is 15.0 Å². The topological polar surface area (TPSA) is 72.1 Å². The van der Waals surface area contributed by atoms with E-state index in [1.165, 1.54) is 6.33 Å². The molecule has 0 saturated heterocycles. The van der Waals surface area contributed by atoms with E-state index >= 15 is 0 Å². The predicted octanol–water partition coefficient (Wildman–Crippen LogP) is 2.92. The average molecular weight is 367 g/mol. The lowest BCUT2D eigenvalue weighted by Crippen LogP contribution is -2.23. The van der Waals surface area contributed by atoms with Crippen molar-refractivity contribution in [1.29, 1.82) is 0 Å². The zero-order valence-corrected chi connectivity index (χ0v) is 15.0. The second kappa shape index (κ2) is 8.64. The third-order valence-electron chi connectivity index (χ3n) is 3.97. The van der Waals surface area contributed by atoms with E-state index in [4.69, 9.17) is 9.73 Å². The summed E-state index contributed by atoms with van der Waals surface area (Å²) in [6.07, 6.45) is 13.8. The predicted molar refractivity (Wildman–Crippen MR) is 112 cm³/mol. The molecule has 0 unspecified atom stereocenters. The molecule has 2 aromatic carbocycles. The van der Waals surface area contributed by atoms with Crippen LogP contribution in [0.2, 0.25) is 0 Å². The maximum absolute atomic E-state index is 5.80. The van der Waals surface area contributed by atoms with E-state index in [1.807, 2.05) is 60.7 Å². The molecule has 0 aliphatic carbocycles. The highest BCUT2D eigenvalue weighted by atomic mass is 16.5. The van der Waals surface area contributed by atoms with E-state index in [9.17, 15) is 0 Å². The zero-order valence-electron chi connectivity index (χ0n) is 15.0. The molecule has 1 aliphatic heterocycles. The summed E-state index contributed by atoms with van der Waals surface area (Å²) in [6.45, 7) is 0.443. The molecule has 2 bridgehead atoms. The zero-order chi connectivity index (χ0) is 19.0. The molecule has 0 spiro atoms. The van der Waals surface area contributed by atoms with Crippen molar-refractivity contribution in [3.8, 4) is 5.75 Å². The summed E-state index contributed by atoms with van der Waals surface area (Å²) < 4.78 is 5.80. The Morgan fingerprint density at radius 3 is 2.82 bits per heavy atom. The maximum atomic E-state index is 5.80. The lowest BCUT2D eigenvalue weighted by Gasteiger charge is -2.06. The Morgan fingerprint density at radius 1 is 0.893 bits per heavy atom. The molecular formula is C22H17N5O. The normalized spacial score (nSPS) is 20.9. The number of allylic oxidation sites excluding steroid dienone is 2. The van der Waals surface area contributed by atoms with Crippen molar-refractivity contribution in [2.75, 3.05) is 6.61 Å². The molecule has 0 fully saturated rings. The molecular weight excluding hydrogens is 350 g/mol. The summed E-state index contributed by atoms with van der Waals surface area (Å²) >= 11 is 0. The first-order chi connectivity index (χ1) is 13.9. The highest BCUT2D eigenvalue weighted by Crippen LogP contribution is 2.25. The number of hydrogen-bond acceptors (Lipinski definition) is 6. The van der Waals surface area contributed by atoms with Gasteiger partial charge in [0.2, 0.25) is 0 Å². The number of aliphatic imine (C=N–C) groups is 2. The minimum Gasteiger partial charge on any atom is -0.490 e. The van der Waals surface area contributed by atoms with Gasteiger partial charge in [0.25, 0.3) is 0 Å². The van der Waals surface area contributed by atoms with Gasteiger partial charge in [-0.3, -0.25) is 9.98 Å². The molecule has 1 aliphatic rings. The number of hydrogen-bond donors (Lipinski definition) is 0. The Morgan fingerprint density at radius 2 is 1.82 bits per heavy atom. The Hall–Kier alpha value is -3.93. The summed E-state index contributed by atoms with van der Waals surface area (Å²) in [6, 6.07) is 13.5. The standard InChI is InChI=1S/C22H17N5O/c1-4-10-23-11-12-24-15-17-6-2-3-7-20(17)27-22-19-14-18(28-13-5-1)8-9-21(19)25-16-26-22/h1-12,14-16H,13H2/b5-1-,10-4-,17-15-,23-11+,24-12-,27-20-. The highest BCUT2D eigenvalue weighted by molar-refractivity contribution is 6.16. The summed E-state index contributed by atoms with van der Waals surface area (Å²) in [5.41, 5.74) is 0.810. The number of ether oxygens (including phenoxy) is 1. The Balaban J connectivity index is 1.91. The van der Waals surface area contributed by atoms with Crippen LogP contribution in [0.5, 0.6) is 5.75 Å². The van der Waals surface area contributed by atoms with Crippen LogP contribution in [-0.4, -0.2) is 29.0 Å². The van der Waals surface area contributed by atoms with Gasteiger partial charge in [-0.2, -0.15) is 0 Å². The lowest BCUT2D eigenvalue weighted by atomic mass is 10.2. The largest absolute Gasteiger partial charge is 0.490 e. The molecule has 0 N–H and O–H groups in total. The molecule has 3 aromatic rings. The Bertz CT molecular complexity index is 1230. The van der Waals surface area contributed by atoms with Gasteiger partial charge in [0.15, 0.2) is 5.82 Å². The van der Waals surface area contributed by atoms with Crippen LogP contribution in [-0.2, 0) is 0 Å². The number of fused-ring (bicyclic) bond motifs is 2. The number of benzene rings is 2. The van der Waals surface area contributed by atoms with Crippen molar-refractivity contribution >= 4 is 35.3 Å². The minimum atomic E-state index is 0.443. The first-order valence-electron chi connectivity index (χ1n) is 8.78. The van der Waals surface area contributed by atoms with Gasteiger partial charge in [0.05, 0.1) is 10.9 Å². The van der Waals surface area contributed by atoms with Crippen LogP contribution in [0.4, 0.5) is 5.82 Å². The van der Waals surface area contributed by atoms with Gasteiger partial charge in [0, 0.05) is 35.4 Å². The molecule has 4 rings (SSSR count). The fourth-order valence-corrected chi connectivity index (χ4v) is 2.64. The summed E-state index contributed by atoms with van der Waals surface area (Å²) in [7, 11) is 0. The summed E-state index contributed by atoms with van der Waals surface area (Å²) in [5.74, 6) is 1.32. The molecule has 28 heavy (non-hydrogen) atoms. The Kier molecular flexibility index (Phi) is 5.39. The van der Waals surface area contributed by atoms with Crippen LogP contribution in [0.25, 0.3) is 17.1 Å². The minimum absolute atomic E-state index is 0.443. The molecule has 0 amide bonds. The van der Waals surface area contributed by atoms with Crippen LogP contribution in [0.1, 0.15) is 0 Å². The fourth-order valence-electron chi connectivity index (χ4n) is 2.64.